The van der Waals surface area contributed by atoms with Gasteiger partial charge >= 0.3 is 0 Å². The van der Waals surface area contributed by atoms with Crippen molar-refractivity contribution < 1.29 is 14.3 Å². The number of hydrogen-bond donors (Lipinski definition) is 2. The predicted octanol–water partition coefficient (Wildman–Crippen LogP) is 5.99. The second kappa shape index (κ2) is 14.9. The highest BCUT2D eigenvalue weighted by Crippen LogP contribution is 2.42. The summed E-state index contributed by atoms with van der Waals surface area (Å²) >= 11 is 14.1. The van der Waals surface area contributed by atoms with E-state index in [2.05, 4.69) is 22.5 Å². The van der Waals surface area contributed by atoms with Crippen molar-refractivity contribution in [3.8, 4) is 45.4 Å². The highest BCUT2D eigenvalue weighted by atomic mass is 35.5. The first-order chi connectivity index (χ1) is 22.8. The molecular formula is C35H39Cl2N7O3. The number of carbonyl (C=O) groups excluding carboxylic acids is 1. The zero-order valence-corrected chi connectivity index (χ0v) is 28.4. The third-order valence-electron chi connectivity index (χ3n) is 8.73. The standard InChI is InChI=1S/C35H39Cl2N7O3/c1-21-19-44(16-15-38-21)20-30-35(47-3)43-29(18-40-30)26-11-6-9-24(33(26)37)23-8-5-10-25(32(23)36)28-17-39-27(34(42-28)46-2)12-4-7-22-13-14-31(45)41-22/h5-6,8-11,17-18,21-22,38H,4,7,12-16,19-20H2,1-3H3,(H,41,45)/t21-,22-/m1/s1. The van der Waals surface area contributed by atoms with E-state index < -0.39 is 0 Å². The number of benzene rings is 2. The van der Waals surface area contributed by atoms with E-state index in [9.17, 15) is 4.79 Å². The molecule has 0 bridgehead atoms. The lowest BCUT2D eigenvalue weighted by Gasteiger charge is -2.31. The van der Waals surface area contributed by atoms with Crippen LogP contribution in [0, 0.1) is 0 Å². The van der Waals surface area contributed by atoms with Crippen LogP contribution in [0.2, 0.25) is 10.0 Å². The van der Waals surface area contributed by atoms with Crippen LogP contribution in [0.15, 0.2) is 48.8 Å². The Bertz CT molecular complexity index is 1750. The summed E-state index contributed by atoms with van der Waals surface area (Å²) in [5.41, 5.74) is 5.71. The smallest absolute Gasteiger partial charge is 0.237 e. The van der Waals surface area contributed by atoms with Gasteiger partial charge in [-0.1, -0.05) is 59.6 Å². The molecule has 0 unspecified atom stereocenters. The zero-order chi connectivity index (χ0) is 32.9. The van der Waals surface area contributed by atoms with Crippen LogP contribution in [0.25, 0.3) is 33.6 Å². The number of nitrogens with one attached hydrogen (secondary N) is 2. The molecule has 0 radical (unpaired) electrons. The number of hydrogen-bond acceptors (Lipinski definition) is 9. The number of amides is 1. The molecule has 12 heteroatoms. The molecule has 10 nitrogen and oxygen atoms in total. The number of halogens is 2. The highest BCUT2D eigenvalue weighted by molar-refractivity contribution is 6.39. The Kier molecular flexibility index (Phi) is 10.5. The maximum Gasteiger partial charge on any atom is 0.237 e. The number of aryl methyl sites for hydroxylation is 1. The van der Waals surface area contributed by atoms with Crippen molar-refractivity contribution >= 4 is 29.1 Å². The van der Waals surface area contributed by atoms with Crippen molar-refractivity contribution in [1.29, 1.82) is 0 Å². The van der Waals surface area contributed by atoms with Gasteiger partial charge in [-0.15, -0.1) is 0 Å². The summed E-state index contributed by atoms with van der Waals surface area (Å²) in [6, 6.07) is 12.2. The summed E-state index contributed by atoms with van der Waals surface area (Å²) in [6.07, 6.45) is 7.42. The normalized spacial score (nSPS) is 18.3. The number of ether oxygens (including phenoxy) is 2. The minimum atomic E-state index is 0.128. The van der Waals surface area contributed by atoms with Gasteiger partial charge in [-0.3, -0.25) is 19.7 Å². The van der Waals surface area contributed by atoms with Gasteiger partial charge < -0.3 is 20.1 Å². The maximum atomic E-state index is 11.5. The first-order valence-electron chi connectivity index (χ1n) is 16.0. The Hall–Kier alpha value is -3.83. The molecule has 2 N–H and O–H groups in total. The molecule has 0 saturated carbocycles. The quantitative estimate of drug-likeness (QED) is 0.198. The monoisotopic (exact) mass is 675 g/mol. The SMILES string of the molecule is COc1nc(-c2cccc(-c3cccc(-c4cnc(CN5CCN[C@H](C)C5)c(OC)n4)c3Cl)c2Cl)cnc1CCC[C@@H]1CCC(=O)N1. The molecule has 2 aliphatic heterocycles. The van der Waals surface area contributed by atoms with Crippen LogP contribution in [-0.2, 0) is 17.8 Å². The minimum absolute atomic E-state index is 0.128. The summed E-state index contributed by atoms with van der Waals surface area (Å²) in [5.74, 6) is 1.07. The first kappa shape index (κ1) is 33.1. The summed E-state index contributed by atoms with van der Waals surface area (Å²) in [5, 5.41) is 7.48. The van der Waals surface area contributed by atoms with Gasteiger partial charge in [0.15, 0.2) is 0 Å². The fourth-order valence-corrected chi connectivity index (χ4v) is 6.96. The van der Waals surface area contributed by atoms with Gasteiger partial charge in [0.2, 0.25) is 17.7 Å². The lowest BCUT2D eigenvalue weighted by Crippen LogP contribution is -2.48. The molecule has 2 aliphatic rings. The molecule has 0 aliphatic carbocycles. The molecule has 1 amide bonds. The van der Waals surface area contributed by atoms with Gasteiger partial charge in [0.25, 0.3) is 0 Å². The van der Waals surface area contributed by atoms with Crippen molar-refractivity contribution in [1.82, 2.24) is 35.5 Å². The number of nitrogens with zero attached hydrogens (tertiary/aromatic N) is 5. The van der Waals surface area contributed by atoms with E-state index in [0.717, 1.165) is 67.0 Å². The van der Waals surface area contributed by atoms with E-state index in [-0.39, 0.29) is 11.9 Å². The number of rotatable bonds is 11. The summed E-state index contributed by atoms with van der Waals surface area (Å²) in [6.45, 7) is 5.66. The van der Waals surface area contributed by atoms with E-state index >= 15 is 0 Å². The maximum absolute atomic E-state index is 11.5. The van der Waals surface area contributed by atoms with Crippen LogP contribution < -0.4 is 20.1 Å². The summed E-state index contributed by atoms with van der Waals surface area (Å²) in [7, 11) is 3.20. The average Bonchev–Trinajstić information content (AvgIpc) is 3.50. The molecule has 2 atom stereocenters. The Morgan fingerprint density at radius 2 is 1.49 bits per heavy atom. The second-order valence-electron chi connectivity index (χ2n) is 12.0. The van der Waals surface area contributed by atoms with Crippen molar-refractivity contribution in [3.63, 3.8) is 0 Å². The van der Waals surface area contributed by atoms with Crippen LogP contribution in [-0.4, -0.2) is 76.7 Å². The molecule has 0 spiro atoms. The van der Waals surface area contributed by atoms with Gasteiger partial charge in [-0.05, 0) is 32.6 Å². The Morgan fingerprint density at radius 3 is 2.06 bits per heavy atom. The first-order valence-corrected chi connectivity index (χ1v) is 16.7. The minimum Gasteiger partial charge on any atom is -0.480 e. The van der Waals surface area contributed by atoms with E-state index in [4.69, 9.17) is 52.6 Å². The van der Waals surface area contributed by atoms with Gasteiger partial charge in [-0.2, -0.15) is 0 Å². The molecular weight excluding hydrogens is 637 g/mol. The number of aromatic nitrogens is 4. The molecule has 2 aromatic carbocycles. The van der Waals surface area contributed by atoms with Crippen molar-refractivity contribution in [2.45, 2.75) is 57.7 Å². The van der Waals surface area contributed by atoms with Gasteiger partial charge in [0.1, 0.15) is 11.4 Å². The van der Waals surface area contributed by atoms with Crippen molar-refractivity contribution in [3.05, 3.63) is 70.2 Å². The third kappa shape index (κ3) is 7.51. The van der Waals surface area contributed by atoms with Crippen molar-refractivity contribution in [2.75, 3.05) is 33.9 Å². The number of methoxy groups -OCH3 is 2. The lowest BCUT2D eigenvalue weighted by atomic mass is 9.98. The Balaban J connectivity index is 1.24. The van der Waals surface area contributed by atoms with E-state index in [1.54, 1.807) is 26.6 Å². The lowest BCUT2D eigenvalue weighted by molar-refractivity contribution is -0.119. The zero-order valence-electron chi connectivity index (χ0n) is 26.9. The summed E-state index contributed by atoms with van der Waals surface area (Å²) in [4.78, 5) is 32.9. The van der Waals surface area contributed by atoms with Gasteiger partial charge in [-0.25, -0.2) is 9.97 Å². The number of piperazine rings is 1. The van der Waals surface area contributed by atoms with Crippen molar-refractivity contribution in [2.24, 2.45) is 0 Å². The van der Waals surface area contributed by atoms with Crippen LogP contribution >= 0.6 is 23.2 Å². The van der Waals surface area contributed by atoms with Gasteiger partial charge in [0.05, 0.1) is 48.0 Å². The number of carbonyl (C=O) groups is 1. The molecule has 4 aromatic rings. The van der Waals surface area contributed by atoms with Crippen LogP contribution in [0.1, 0.15) is 44.0 Å². The predicted molar refractivity (Wildman–Crippen MR) is 184 cm³/mol. The van der Waals surface area contributed by atoms with Gasteiger partial charge in [0, 0.05) is 66.9 Å². The average molecular weight is 677 g/mol. The molecule has 2 aromatic heterocycles. The van der Waals surface area contributed by atoms with E-state index in [1.165, 1.54) is 0 Å². The fourth-order valence-electron chi connectivity index (χ4n) is 6.31. The van der Waals surface area contributed by atoms with E-state index in [1.807, 2.05) is 36.4 Å². The molecule has 4 heterocycles. The van der Waals surface area contributed by atoms with Crippen LogP contribution in [0.4, 0.5) is 0 Å². The molecule has 2 fully saturated rings. The Labute approximate surface area is 285 Å². The summed E-state index contributed by atoms with van der Waals surface area (Å²) < 4.78 is 11.3. The largest absolute Gasteiger partial charge is 0.480 e. The van der Waals surface area contributed by atoms with Crippen LogP contribution in [0.3, 0.4) is 0 Å². The molecule has 47 heavy (non-hydrogen) atoms. The third-order valence-corrected chi connectivity index (χ3v) is 9.54. The topological polar surface area (TPSA) is 114 Å². The highest BCUT2D eigenvalue weighted by Gasteiger charge is 2.23. The van der Waals surface area contributed by atoms with E-state index in [0.29, 0.717) is 64.2 Å². The van der Waals surface area contributed by atoms with Crippen LogP contribution in [0.5, 0.6) is 11.8 Å². The second-order valence-corrected chi connectivity index (χ2v) is 12.8. The Morgan fingerprint density at radius 1 is 0.894 bits per heavy atom. The molecule has 246 valence electrons. The fraction of sp³-hybridized carbons (Fsp3) is 0.400. The molecule has 6 rings (SSSR count). The molecule has 2 saturated heterocycles.